The number of hydrogen-bond acceptors (Lipinski definition) is 6. The van der Waals surface area contributed by atoms with Gasteiger partial charge in [-0.15, -0.1) is 0 Å². The van der Waals surface area contributed by atoms with E-state index in [1.807, 2.05) is 24.3 Å². The van der Waals surface area contributed by atoms with E-state index in [2.05, 4.69) is 26.9 Å². The van der Waals surface area contributed by atoms with Crippen molar-refractivity contribution in [2.24, 2.45) is 4.99 Å². The Labute approximate surface area is 177 Å². The van der Waals surface area contributed by atoms with Crippen LogP contribution < -0.4 is 10.3 Å². The number of nitrogens with zero attached hydrogens (tertiary/aromatic N) is 3. The summed E-state index contributed by atoms with van der Waals surface area (Å²) in [6, 6.07) is 17.4. The number of benzene rings is 2. The molecule has 6 nitrogen and oxygen atoms in total. The normalized spacial score (nSPS) is 18.3. The van der Waals surface area contributed by atoms with Crippen LogP contribution in [0.15, 0.2) is 80.0 Å². The predicted octanol–water partition coefficient (Wildman–Crippen LogP) is 3.59. The Morgan fingerprint density at radius 2 is 1.60 bits per heavy atom. The minimum Gasteiger partial charge on any atom is -0.463 e. The summed E-state index contributed by atoms with van der Waals surface area (Å²) in [4.78, 5) is 34.3. The number of piperazine rings is 1. The van der Waals surface area contributed by atoms with E-state index in [0.29, 0.717) is 26.6 Å². The van der Waals surface area contributed by atoms with Gasteiger partial charge < -0.3 is 14.2 Å². The molecule has 3 aromatic rings. The molecule has 2 aliphatic rings. The van der Waals surface area contributed by atoms with E-state index in [1.165, 1.54) is 23.7 Å². The lowest BCUT2D eigenvalue weighted by Crippen LogP contribution is -2.47. The first kappa shape index (κ1) is 18.7. The Hall–Kier alpha value is -3.32. The van der Waals surface area contributed by atoms with E-state index in [9.17, 15) is 9.59 Å². The van der Waals surface area contributed by atoms with Gasteiger partial charge in [-0.2, -0.15) is 4.99 Å². The molecule has 0 N–H and O–H groups in total. The Bertz CT molecular complexity index is 1230. The molecule has 3 heterocycles. The Morgan fingerprint density at radius 1 is 0.900 bits per heavy atom. The second-order valence-corrected chi connectivity index (χ2v) is 8.15. The van der Waals surface area contributed by atoms with Gasteiger partial charge in [0, 0.05) is 31.9 Å². The molecule has 0 aliphatic carbocycles. The van der Waals surface area contributed by atoms with Crippen molar-refractivity contribution in [2.75, 3.05) is 31.1 Å². The molecule has 0 spiro atoms. The molecule has 1 saturated heterocycles. The zero-order chi connectivity index (χ0) is 20.5. The third-order valence-electron chi connectivity index (χ3n) is 5.27. The van der Waals surface area contributed by atoms with Crippen molar-refractivity contribution in [1.82, 2.24) is 4.90 Å². The van der Waals surface area contributed by atoms with E-state index in [4.69, 9.17) is 4.42 Å². The topological polar surface area (TPSA) is 66.1 Å². The molecule has 0 saturated carbocycles. The summed E-state index contributed by atoms with van der Waals surface area (Å²) in [5.41, 5.74) is 1.94. The van der Waals surface area contributed by atoms with Crippen LogP contribution >= 0.6 is 11.8 Å². The summed E-state index contributed by atoms with van der Waals surface area (Å²) in [6.07, 6.45) is 2.99. The number of thioether (sulfide) groups is 1. The number of anilines is 1. The number of carbonyl (C=O) groups is 1. The van der Waals surface area contributed by atoms with Crippen molar-refractivity contribution in [3.8, 4) is 0 Å². The molecule has 1 aromatic heterocycles. The summed E-state index contributed by atoms with van der Waals surface area (Å²) in [5.74, 6) is -0.312. The summed E-state index contributed by atoms with van der Waals surface area (Å²) in [7, 11) is 0. The van der Waals surface area contributed by atoms with Crippen LogP contribution in [0.2, 0.25) is 0 Å². The van der Waals surface area contributed by atoms with Crippen LogP contribution in [0.4, 0.5) is 5.69 Å². The standard InChI is InChI=1S/C23H19N3O3S/c27-21-16(15-29-19-9-5-4-8-18(19)21)14-20-22(28)24-23(30-20)26-12-10-25(11-13-26)17-6-2-1-3-7-17/h1-9,14-15H,10-13H2/b20-14+. The van der Waals surface area contributed by atoms with Crippen LogP contribution in [0.3, 0.4) is 0 Å². The lowest BCUT2D eigenvalue weighted by Gasteiger charge is -2.36. The van der Waals surface area contributed by atoms with Gasteiger partial charge in [0.05, 0.1) is 15.9 Å². The number of para-hydroxylation sites is 2. The molecular formula is C23H19N3O3S. The molecular weight excluding hydrogens is 398 g/mol. The summed E-state index contributed by atoms with van der Waals surface area (Å²) < 4.78 is 5.55. The van der Waals surface area contributed by atoms with Crippen molar-refractivity contribution < 1.29 is 9.21 Å². The van der Waals surface area contributed by atoms with E-state index in [0.717, 1.165) is 26.2 Å². The molecule has 7 heteroatoms. The zero-order valence-electron chi connectivity index (χ0n) is 16.2. The highest BCUT2D eigenvalue weighted by atomic mass is 32.2. The van der Waals surface area contributed by atoms with Crippen molar-refractivity contribution in [2.45, 2.75) is 0 Å². The fraction of sp³-hybridized carbons (Fsp3) is 0.174. The number of amides is 1. The molecule has 150 valence electrons. The SMILES string of the molecule is O=C1N=C(N2CCN(c3ccccc3)CC2)S/C1=C/c1coc2ccccc2c1=O. The van der Waals surface area contributed by atoms with Crippen LogP contribution in [-0.2, 0) is 4.79 Å². The minimum atomic E-state index is -0.312. The van der Waals surface area contributed by atoms with Gasteiger partial charge in [0.1, 0.15) is 11.8 Å². The Kier molecular flexibility index (Phi) is 4.88. The lowest BCUT2D eigenvalue weighted by atomic mass is 10.1. The monoisotopic (exact) mass is 417 g/mol. The van der Waals surface area contributed by atoms with E-state index < -0.39 is 0 Å². The van der Waals surface area contributed by atoms with Gasteiger partial charge in [0.2, 0.25) is 0 Å². The maximum Gasteiger partial charge on any atom is 0.286 e. The quantitative estimate of drug-likeness (QED) is 0.594. The highest BCUT2D eigenvalue weighted by Gasteiger charge is 2.28. The maximum atomic E-state index is 12.7. The first-order valence-corrected chi connectivity index (χ1v) is 10.6. The molecule has 0 atom stereocenters. The van der Waals surface area contributed by atoms with Crippen LogP contribution in [0.5, 0.6) is 0 Å². The molecule has 5 rings (SSSR count). The number of aliphatic imine (C=N–C) groups is 1. The highest BCUT2D eigenvalue weighted by molar-refractivity contribution is 8.18. The van der Waals surface area contributed by atoms with Crippen LogP contribution in [-0.4, -0.2) is 42.2 Å². The maximum absolute atomic E-state index is 12.7. The average Bonchev–Trinajstić information content (AvgIpc) is 3.17. The predicted molar refractivity (Wildman–Crippen MR) is 121 cm³/mol. The molecule has 2 aliphatic heterocycles. The Morgan fingerprint density at radius 3 is 2.40 bits per heavy atom. The number of amidine groups is 1. The van der Waals surface area contributed by atoms with Gasteiger partial charge in [-0.05, 0) is 42.1 Å². The fourth-order valence-corrected chi connectivity index (χ4v) is 4.62. The number of rotatable bonds is 2. The fourth-order valence-electron chi connectivity index (χ4n) is 3.66. The number of hydrogen-bond donors (Lipinski definition) is 0. The number of fused-ring (bicyclic) bond motifs is 1. The van der Waals surface area contributed by atoms with E-state index in [1.54, 1.807) is 24.3 Å². The van der Waals surface area contributed by atoms with Gasteiger partial charge in [-0.3, -0.25) is 9.59 Å². The van der Waals surface area contributed by atoms with Gasteiger partial charge >= 0.3 is 0 Å². The molecule has 0 radical (unpaired) electrons. The van der Waals surface area contributed by atoms with Gasteiger partial charge in [0.25, 0.3) is 5.91 Å². The van der Waals surface area contributed by atoms with E-state index in [-0.39, 0.29) is 11.3 Å². The molecule has 0 unspecified atom stereocenters. The second-order valence-electron chi connectivity index (χ2n) is 7.14. The van der Waals surface area contributed by atoms with Gasteiger partial charge in [0.15, 0.2) is 10.6 Å². The minimum absolute atomic E-state index is 0.150. The summed E-state index contributed by atoms with van der Waals surface area (Å²) in [5, 5.41) is 1.20. The van der Waals surface area contributed by atoms with Crippen molar-refractivity contribution >= 4 is 45.6 Å². The highest BCUT2D eigenvalue weighted by Crippen LogP contribution is 2.31. The molecule has 0 bridgehead atoms. The third-order valence-corrected chi connectivity index (χ3v) is 6.32. The molecule has 30 heavy (non-hydrogen) atoms. The molecule has 1 amide bonds. The van der Waals surface area contributed by atoms with Crippen LogP contribution in [0.25, 0.3) is 17.0 Å². The first-order chi connectivity index (χ1) is 14.7. The largest absolute Gasteiger partial charge is 0.463 e. The molecule has 2 aromatic carbocycles. The number of carbonyl (C=O) groups excluding carboxylic acids is 1. The van der Waals surface area contributed by atoms with Crippen LogP contribution in [0.1, 0.15) is 5.56 Å². The third kappa shape index (κ3) is 3.52. The Balaban J connectivity index is 1.31. The summed E-state index contributed by atoms with van der Waals surface area (Å²) in [6.45, 7) is 3.31. The lowest BCUT2D eigenvalue weighted by molar-refractivity contribution is -0.113. The van der Waals surface area contributed by atoms with Crippen LogP contribution in [0, 0.1) is 0 Å². The second kappa shape index (κ2) is 7.84. The first-order valence-electron chi connectivity index (χ1n) is 9.77. The zero-order valence-corrected chi connectivity index (χ0v) is 17.0. The smallest absolute Gasteiger partial charge is 0.286 e. The van der Waals surface area contributed by atoms with Crippen molar-refractivity contribution in [3.05, 3.63) is 81.6 Å². The van der Waals surface area contributed by atoms with Crippen molar-refractivity contribution in [3.63, 3.8) is 0 Å². The molecule has 1 fully saturated rings. The van der Waals surface area contributed by atoms with Gasteiger partial charge in [-0.1, -0.05) is 30.3 Å². The van der Waals surface area contributed by atoms with E-state index >= 15 is 0 Å². The van der Waals surface area contributed by atoms with Crippen molar-refractivity contribution in [1.29, 1.82) is 0 Å². The average molecular weight is 417 g/mol. The van der Waals surface area contributed by atoms with Gasteiger partial charge in [-0.25, -0.2) is 0 Å². The summed E-state index contributed by atoms with van der Waals surface area (Å²) >= 11 is 1.32.